The van der Waals surface area contributed by atoms with Gasteiger partial charge in [-0.25, -0.2) is 0 Å². The molecule has 0 aromatic heterocycles. The van der Waals surface area contributed by atoms with Gasteiger partial charge < -0.3 is 10.2 Å². The first-order chi connectivity index (χ1) is 11.2. The van der Waals surface area contributed by atoms with E-state index >= 15 is 0 Å². The fourth-order valence-electron chi connectivity index (χ4n) is 2.86. The van der Waals surface area contributed by atoms with Crippen LogP contribution in [-0.4, -0.2) is 30.5 Å². The van der Waals surface area contributed by atoms with Gasteiger partial charge in [0.25, 0.3) is 5.69 Å². The molecule has 1 N–H and O–H groups in total. The van der Waals surface area contributed by atoms with Crippen molar-refractivity contribution in [3.8, 4) is 0 Å². The SMILES string of the molecule is CC(C)(C)C(=O)NCC1CCCN(c2ccc(I)cc2[N+](=O)[O-])C1. The van der Waals surface area contributed by atoms with E-state index in [-0.39, 0.29) is 16.5 Å². The van der Waals surface area contributed by atoms with Crippen LogP contribution in [0.25, 0.3) is 0 Å². The number of nitrogens with one attached hydrogen (secondary N) is 1. The van der Waals surface area contributed by atoms with E-state index in [1.165, 1.54) is 0 Å². The van der Waals surface area contributed by atoms with E-state index in [1.54, 1.807) is 6.07 Å². The minimum absolute atomic E-state index is 0.0415. The number of hydrogen-bond acceptors (Lipinski definition) is 4. The second kappa shape index (κ2) is 7.67. The molecule has 0 aliphatic carbocycles. The molecule has 24 heavy (non-hydrogen) atoms. The maximum atomic E-state index is 12.0. The standard InChI is InChI=1S/C17H24IN3O3/c1-17(2,3)16(22)19-10-12-5-4-8-20(11-12)14-7-6-13(18)9-15(14)21(23)24/h6-7,9,12H,4-5,8,10-11H2,1-3H3,(H,19,22). The number of anilines is 1. The fourth-order valence-corrected chi connectivity index (χ4v) is 3.34. The largest absolute Gasteiger partial charge is 0.366 e. The molecule has 1 heterocycles. The Hall–Kier alpha value is -1.38. The van der Waals surface area contributed by atoms with Crippen LogP contribution in [0.15, 0.2) is 18.2 Å². The molecule has 0 spiro atoms. The summed E-state index contributed by atoms with van der Waals surface area (Å²) in [5.74, 6) is 0.351. The normalized spacial score (nSPS) is 18.3. The lowest BCUT2D eigenvalue weighted by Gasteiger charge is -2.34. The molecule has 1 unspecified atom stereocenters. The van der Waals surface area contributed by atoms with Gasteiger partial charge in [0.2, 0.25) is 5.91 Å². The van der Waals surface area contributed by atoms with Crippen molar-refractivity contribution in [1.82, 2.24) is 5.32 Å². The molecule has 1 fully saturated rings. The lowest BCUT2D eigenvalue weighted by atomic mass is 9.93. The van der Waals surface area contributed by atoms with Gasteiger partial charge in [0.15, 0.2) is 0 Å². The first-order valence-electron chi connectivity index (χ1n) is 8.15. The second-order valence-electron chi connectivity index (χ2n) is 7.30. The Labute approximate surface area is 156 Å². The van der Waals surface area contributed by atoms with Crippen molar-refractivity contribution in [2.24, 2.45) is 11.3 Å². The Morgan fingerprint density at radius 2 is 2.17 bits per heavy atom. The van der Waals surface area contributed by atoms with Crippen LogP contribution in [-0.2, 0) is 4.79 Å². The number of carbonyl (C=O) groups excluding carboxylic acids is 1. The predicted octanol–water partition coefficient (Wildman–Crippen LogP) is 3.58. The molecular weight excluding hydrogens is 421 g/mol. The molecule has 1 aromatic rings. The van der Waals surface area contributed by atoms with E-state index in [2.05, 4.69) is 32.8 Å². The average Bonchev–Trinajstić information content (AvgIpc) is 2.51. The zero-order chi connectivity index (χ0) is 17.9. The maximum absolute atomic E-state index is 12.0. The van der Waals surface area contributed by atoms with E-state index in [0.717, 1.165) is 29.5 Å². The lowest BCUT2D eigenvalue weighted by molar-refractivity contribution is -0.384. The molecule has 1 aliphatic heterocycles. The second-order valence-corrected chi connectivity index (χ2v) is 8.55. The molecule has 6 nitrogen and oxygen atoms in total. The molecule has 1 aliphatic rings. The van der Waals surface area contributed by atoms with Crippen LogP contribution in [0.3, 0.4) is 0 Å². The highest BCUT2D eigenvalue weighted by Crippen LogP contribution is 2.32. The highest BCUT2D eigenvalue weighted by molar-refractivity contribution is 14.1. The Kier molecular flexibility index (Phi) is 6.06. The molecule has 132 valence electrons. The summed E-state index contributed by atoms with van der Waals surface area (Å²) >= 11 is 2.09. The van der Waals surface area contributed by atoms with Crippen LogP contribution in [0.5, 0.6) is 0 Å². The molecule has 7 heteroatoms. The molecule has 0 saturated carbocycles. The average molecular weight is 445 g/mol. The number of nitro groups is 1. The predicted molar refractivity (Wildman–Crippen MR) is 103 cm³/mol. The zero-order valence-corrected chi connectivity index (χ0v) is 16.5. The Balaban J connectivity index is 2.06. The van der Waals surface area contributed by atoms with Gasteiger partial charge in [-0.2, -0.15) is 0 Å². The monoisotopic (exact) mass is 445 g/mol. The number of piperidine rings is 1. The molecule has 1 saturated heterocycles. The number of nitro benzene ring substituents is 1. The molecular formula is C17H24IN3O3. The van der Waals surface area contributed by atoms with E-state index in [4.69, 9.17) is 0 Å². The number of amides is 1. The Bertz CT molecular complexity index is 628. The van der Waals surface area contributed by atoms with E-state index in [0.29, 0.717) is 18.2 Å². The van der Waals surface area contributed by atoms with Gasteiger partial charge in [-0.15, -0.1) is 0 Å². The third-order valence-electron chi connectivity index (χ3n) is 4.23. The summed E-state index contributed by atoms with van der Waals surface area (Å²) in [7, 11) is 0. The van der Waals surface area contributed by atoms with E-state index < -0.39 is 5.41 Å². The fraction of sp³-hybridized carbons (Fsp3) is 0.588. The number of rotatable bonds is 4. The summed E-state index contributed by atoms with van der Waals surface area (Å²) in [5.41, 5.74) is 0.428. The van der Waals surface area contributed by atoms with Crippen molar-refractivity contribution in [2.75, 3.05) is 24.5 Å². The van der Waals surface area contributed by atoms with Crippen molar-refractivity contribution in [2.45, 2.75) is 33.6 Å². The zero-order valence-electron chi connectivity index (χ0n) is 14.3. The number of hydrogen-bond donors (Lipinski definition) is 1. The molecule has 1 atom stereocenters. The molecule has 2 rings (SSSR count). The summed E-state index contributed by atoms with van der Waals surface area (Å²) in [6, 6.07) is 5.34. The third-order valence-corrected chi connectivity index (χ3v) is 4.90. The van der Waals surface area contributed by atoms with Gasteiger partial charge in [-0.1, -0.05) is 20.8 Å². The summed E-state index contributed by atoms with van der Waals surface area (Å²) in [4.78, 5) is 25.1. The number of nitrogens with zero attached hydrogens (tertiary/aromatic N) is 2. The third kappa shape index (κ3) is 4.81. The Morgan fingerprint density at radius 1 is 1.46 bits per heavy atom. The maximum Gasteiger partial charge on any atom is 0.293 e. The first-order valence-corrected chi connectivity index (χ1v) is 9.23. The van der Waals surface area contributed by atoms with Gasteiger partial charge in [0, 0.05) is 34.7 Å². The van der Waals surface area contributed by atoms with Gasteiger partial charge in [0.1, 0.15) is 5.69 Å². The van der Waals surface area contributed by atoms with Crippen LogP contribution in [0.4, 0.5) is 11.4 Å². The van der Waals surface area contributed by atoms with E-state index in [1.807, 2.05) is 32.9 Å². The smallest absolute Gasteiger partial charge is 0.293 e. The van der Waals surface area contributed by atoms with Crippen molar-refractivity contribution in [1.29, 1.82) is 0 Å². The number of benzene rings is 1. The van der Waals surface area contributed by atoms with Gasteiger partial charge in [-0.05, 0) is 53.5 Å². The van der Waals surface area contributed by atoms with Crippen LogP contribution in [0.1, 0.15) is 33.6 Å². The van der Waals surface area contributed by atoms with Crippen LogP contribution >= 0.6 is 22.6 Å². The van der Waals surface area contributed by atoms with Crippen molar-refractivity contribution < 1.29 is 9.72 Å². The summed E-state index contributed by atoms with van der Waals surface area (Å²) in [6.45, 7) is 7.83. The number of halogens is 1. The van der Waals surface area contributed by atoms with Crippen LogP contribution < -0.4 is 10.2 Å². The lowest BCUT2D eigenvalue weighted by Crippen LogP contribution is -2.43. The molecule has 1 aromatic carbocycles. The molecule has 0 bridgehead atoms. The van der Waals surface area contributed by atoms with E-state index in [9.17, 15) is 14.9 Å². The highest BCUT2D eigenvalue weighted by atomic mass is 127. The Morgan fingerprint density at radius 3 is 2.79 bits per heavy atom. The van der Waals surface area contributed by atoms with Crippen molar-refractivity contribution in [3.63, 3.8) is 0 Å². The van der Waals surface area contributed by atoms with Gasteiger partial charge in [-0.3, -0.25) is 14.9 Å². The van der Waals surface area contributed by atoms with Gasteiger partial charge in [0.05, 0.1) is 4.92 Å². The minimum Gasteiger partial charge on any atom is -0.366 e. The topological polar surface area (TPSA) is 75.5 Å². The number of carbonyl (C=O) groups is 1. The summed E-state index contributed by atoms with van der Waals surface area (Å²) < 4.78 is 0.856. The van der Waals surface area contributed by atoms with Crippen molar-refractivity contribution in [3.05, 3.63) is 31.9 Å². The van der Waals surface area contributed by atoms with Crippen LogP contribution in [0, 0.1) is 25.0 Å². The first kappa shape index (κ1) is 19.0. The highest BCUT2D eigenvalue weighted by Gasteiger charge is 2.27. The quantitative estimate of drug-likeness (QED) is 0.437. The van der Waals surface area contributed by atoms with Crippen molar-refractivity contribution >= 4 is 39.9 Å². The molecule has 0 radical (unpaired) electrons. The summed E-state index contributed by atoms with van der Waals surface area (Å²) in [5, 5.41) is 14.4. The summed E-state index contributed by atoms with van der Waals surface area (Å²) in [6.07, 6.45) is 2.00. The molecule has 1 amide bonds. The van der Waals surface area contributed by atoms with Gasteiger partial charge >= 0.3 is 0 Å². The minimum atomic E-state index is -0.400. The van der Waals surface area contributed by atoms with Crippen LogP contribution in [0.2, 0.25) is 0 Å².